The first-order valence-electron chi connectivity index (χ1n) is 18.0. The van der Waals surface area contributed by atoms with Gasteiger partial charge in [-0.15, -0.1) is 0 Å². The van der Waals surface area contributed by atoms with Crippen LogP contribution in [0.1, 0.15) is 219 Å². The lowest BCUT2D eigenvalue weighted by Crippen LogP contribution is -2.06. The second-order valence-electron chi connectivity index (χ2n) is 12.5. The van der Waals surface area contributed by atoms with Crippen LogP contribution in [0.2, 0.25) is 0 Å². The average Bonchev–Trinajstić information content (AvgIpc) is 2.91. The lowest BCUT2D eigenvalue weighted by Gasteiger charge is -2.13. The number of aliphatic hydroxyl groups excluding tert-OH is 1. The highest BCUT2D eigenvalue weighted by molar-refractivity contribution is 4.60. The lowest BCUT2D eigenvalue weighted by molar-refractivity contribution is 0.204. The molecule has 0 aromatic heterocycles. The van der Waals surface area contributed by atoms with Gasteiger partial charge in [0.25, 0.3) is 0 Å². The van der Waals surface area contributed by atoms with Crippen LogP contribution in [0, 0.1) is 5.92 Å². The van der Waals surface area contributed by atoms with Crippen LogP contribution in [-0.2, 0) is 0 Å². The Morgan fingerprint density at radius 1 is 0.297 bits per heavy atom. The maximum atomic E-state index is 9.76. The molecule has 0 aliphatic heterocycles. The highest BCUT2D eigenvalue weighted by Gasteiger charge is 2.07. The van der Waals surface area contributed by atoms with Crippen molar-refractivity contribution < 1.29 is 5.11 Å². The van der Waals surface area contributed by atoms with Crippen molar-refractivity contribution in [1.29, 1.82) is 0 Å². The summed E-state index contributed by atoms with van der Waals surface area (Å²) in [5.41, 5.74) is 0. The van der Waals surface area contributed by atoms with E-state index in [-0.39, 0.29) is 0 Å². The molecule has 0 radical (unpaired) electrons. The van der Waals surface area contributed by atoms with Crippen molar-refractivity contribution in [2.45, 2.75) is 219 Å². The van der Waals surface area contributed by atoms with Crippen molar-refractivity contribution in [1.82, 2.24) is 0 Å². The molecular weight excluding hydrogens is 448 g/mol. The van der Waals surface area contributed by atoms with Gasteiger partial charge >= 0.3 is 0 Å². The maximum Gasteiger partial charge on any atom is 0.0459 e. The minimum atomic E-state index is 0.414. The van der Waals surface area contributed by atoms with Crippen LogP contribution in [0.5, 0.6) is 0 Å². The molecule has 1 nitrogen and oxygen atoms in total. The Morgan fingerprint density at radius 3 is 0.676 bits per heavy atom. The Morgan fingerprint density at radius 2 is 0.486 bits per heavy atom. The molecule has 224 valence electrons. The van der Waals surface area contributed by atoms with Crippen molar-refractivity contribution in [3.05, 3.63) is 0 Å². The molecule has 1 atom stereocenters. The minimum Gasteiger partial charge on any atom is -0.396 e. The molecule has 0 saturated carbocycles. The van der Waals surface area contributed by atoms with Gasteiger partial charge in [0, 0.05) is 6.61 Å². The molecule has 0 aromatic rings. The molecule has 1 heteroatoms. The van der Waals surface area contributed by atoms with Crippen LogP contribution in [-0.4, -0.2) is 11.7 Å². The van der Waals surface area contributed by atoms with E-state index in [1.165, 1.54) is 205 Å². The Labute approximate surface area is 236 Å². The molecule has 0 spiro atoms. The van der Waals surface area contributed by atoms with Gasteiger partial charge in [-0.05, 0) is 18.8 Å². The molecule has 0 fully saturated rings. The summed E-state index contributed by atoms with van der Waals surface area (Å²) in [7, 11) is 0. The van der Waals surface area contributed by atoms with Crippen LogP contribution in [0.3, 0.4) is 0 Å². The first-order chi connectivity index (χ1) is 18.3. The fourth-order valence-electron chi connectivity index (χ4n) is 5.94. The van der Waals surface area contributed by atoms with Gasteiger partial charge in [0.2, 0.25) is 0 Å². The zero-order chi connectivity index (χ0) is 26.9. The third-order valence-electron chi connectivity index (χ3n) is 8.69. The van der Waals surface area contributed by atoms with Crippen molar-refractivity contribution in [3.63, 3.8) is 0 Å². The van der Waals surface area contributed by atoms with Crippen LogP contribution >= 0.6 is 0 Å². The van der Waals surface area contributed by atoms with E-state index in [1.54, 1.807) is 0 Å². The number of hydrogen-bond acceptors (Lipinski definition) is 1. The van der Waals surface area contributed by atoms with Crippen molar-refractivity contribution >= 4 is 0 Å². The molecular formula is C36H74O. The van der Waals surface area contributed by atoms with E-state index in [0.717, 1.165) is 0 Å². The Kier molecular flexibility index (Phi) is 34.0. The van der Waals surface area contributed by atoms with E-state index in [0.29, 0.717) is 12.5 Å². The van der Waals surface area contributed by atoms with Gasteiger partial charge < -0.3 is 5.11 Å². The van der Waals surface area contributed by atoms with Crippen LogP contribution in [0.25, 0.3) is 0 Å². The molecule has 0 aromatic carbocycles. The summed E-state index contributed by atoms with van der Waals surface area (Å²) in [6.45, 7) is 5.01. The summed E-state index contributed by atoms with van der Waals surface area (Å²) in [5, 5.41) is 9.76. The SMILES string of the molecule is CCCCCCCCCCCCCCCCCC[C@@H](CO)CCCCCCCCCCCCCCCC. The predicted octanol–water partition coefficient (Wildman–Crippen LogP) is 13.1. The molecule has 0 bridgehead atoms. The largest absolute Gasteiger partial charge is 0.396 e. The monoisotopic (exact) mass is 523 g/mol. The standard InChI is InChI=1S/C36H74O/c1-3-5-7-9-11-13-15-17-19-20-22-24-26-28-30-32-34-36(35-37)33-31-29-27-25-23-21-18-16-14-12-10-8-6-4-2/h36-37H,3-35H2,1-2H3/t36-/m0/s1. The van der Waals surface area contributed by atoms with Gasteiger partial charge in [0.15, 0.2) is 0 Å². The number of hydrogen-bond donors (Lipinski definition) is 1. The summed E-state index contributed by atoms with van der Waals surface area (Å²) >= 11 is 0. The van der Waals surface area contributed by atoms with Crippen molar-refractivity contribution in [2.75, 3.05) is 6.61 Å². The average molecular weight is 523 g/mol. The topological polar surface area (TPSA) is 20.2 Å². The smallest absolute Gasteiger partial charge is 0.0459 e. The molecule has 1 N–H and O–H groups in total. The van der Waals surface area contributed by atoms with E-state index in [9.17, 15) is 5.11 Å². The van der Waals surface area contributed by atoms with Crippen molar-refractivity contribution in [3.8, 4) is 0 Å². The highest BCUT2D eigenvalue weighted by atomic mass is 16.3. The Balaban J connectivity index is 3.25. The molecule has 0 aliphatic rings. The summed E-state index contributed by atoms with van der Waals surface area (Å²) in [5.74, 6) is 0.573. The molecule has 0 heterocycles. The number of unbranched alkanes of at least 4 members (excludes halogenated alkanes) is 28. The fourth-order valence-corrected chi connectivity index (χ4v) is 5.94. The third-order valence-corrected chi connectivity index (χ3v) is 8.69. The zero-order valence-corrected chi connectivity index (χ0v) is 26.4. The molecule has 0 amide bonds. The van der Waals surface area contributed by atoms with E-state index in [4.69, 9.17) is 0 Å². The van der Waals surface area contributed by atoms with Gasteiger partial charge in [-0.25, -0.2) is 0 Å². The fraction of sp³-hybridized carbons (Fsp3) is 1.00. The van der Waals surface area contributed by atoms with Gasteiger partial charge in [0.05, 0.1) is 0 Å². The summed E-state index contributed by atoms with van der Waals surface area (Å²) in [6.07, 6.45) is 45.5. The van der Waals surface area contributed by atoms with E-state index < -0.39 is 0 Å². The first-order valence-corrected chi connectivity index (χ1v) is 18.0. The summed E-state index contributed by atoms with van der Waals surface area (Å²) in [4.78, 5) is 0. The van der Waals surface area contributed by atoms with E-state index in [2.05, 4.69) is 13.8 Å². The normalized spacial score (nSPS) is 12.4. The lowest BCUT2D eigenvalue weighted by atomic mass is 9.94. The number of aliphatic hydroxyl groups is 1. The molecule has 0 unspecified atom stereocenters. The second kappa shape index (κ2) is 34.0. The van der Waals surface area contributed by atoms with Crippen molar-refractivity contribution in [2.24, 2.45) is 5.92 Å². The highest BCUT2D eigenvalue weighted by Crippen LogP contribution is 2.20. The molecule has 0 aliphatic carbocycles. The van der Waals surface area contributed by atoms with E-state index >= 15 is 0 Å². The zero-order valence-electron chi connectivity index (χ0n) is 26.4. The van der Waals surface area contributed by atoms with Crippen LogP contribution in [0.15, 0.2) is 0 Å². The summed E-state index contributed by atoms with van der Waals surface area (Å²) in [6, 6.07) is 0. The molecule has 0 saturated heterocycles. The molecule has 0 rings (SSSR count). The third kappa shape index (κ3) is 32.1. The minimum absolute atomic E-state index is 0.414. The first kappa shape index (κ1) is 37.0. The van der Waals surface area contributed by atoms with Crippen LogP contribution < -0.4 is 0 Å². The van der Waals surface area contributed by atoms with Gasteiger partial charge in [0.1, 0.15) is 0 Å². The Hall–Kier alpha value is -0.0400. The van der Waals surface area contributed by atoms with Gasteiger partial charge in [-0.3, -0.25) is 0 Å². The molecule has 37 heavy (non-hydrogen) atoms. The second-order valence-corrected chi connectivity index (χ2v) is 12.5. The summed E-state index contributed by atoms with van der Waals surface area (Å²) < 4.78 is 0. The van der Waals surface area contributed by atoms with Crippen LogP contribution in [0.4, 0.5) is 0 Å². The Bertz CT molecular complexity index is 379. The van der Waals surface area contributed by atoms with E-state index in [1.807, 2.05) is 0 Å². The predicted molar refractivity (Wildman–Crippen MR) is 170 cm³/mol. The van der Waals surface area contributed by atoms with Gasteiger partial charge in [-0.2, -0.15) is 0 Å². The van der Waals surface area contributed by atoms with Gasteiger partial charge in [-0.1, -0.05) is 206 Å². The quantitative estimate of drug-likeness (QED) is 0.0849. The maximum absolute atomic E-state index is 9.76. The number of rotatable bonds is 33.